The lowest BCUT2D eigenvalue weighted by Gasteiger charge is -2.25. The van der Waals surface area contributed by atoms with Gasteiger partial charge in [0.05, 0.1) is 11.0 Å². The minimum absolute atomic E-state index is 1.16. The molecule has 0 amide bonds. The molecule has 0 fully saturated rings. The Bertz CT molecular complexity index is 2000. The van der Waals surface area contributed by atoms with E-state index in [1.54, 1.807) is 0 Å². The molecule has 60 heavy (non-hydrogen) atoms. The summed E-state index contributed by atoms with van der Waals surface area (Å²) in [6, 6.07) is 24.5. The van der Waals surface area contributed by atoms with Crippen LogP contribution in [0.5, 0.6) is 0 Å². The number of benzene rings is 4. The van der Waals surface area contributed by atoms with E-state index in [4.69, 9.17) is 0 Å². The van der Waals surface area contributed by atoms with Gasteiger partial charge in [-0.05, 0) is 94.4 Å². The molecule has 0 atom stereocenters. The summed E-state index contributed by atoms with van der Waals surface area (Å²) in [5.74, 6) is 2.78. The second-order valence-electron chi connectivity index (χ2n) is 18.7. The summed E-state index contributed by atoms with van der Waals surface area (Å²) < 4.78 is 5.00. The van der Waals surface area contributed by atoms with Crippen LogP contribution in [0.4, 0.5) is 11.6 Å². The number of aromatic nitrogens is 2. The zero-order valence-corrected chi connectivity index (χ0v) is 39.4. The Balaban J connectivity index is 1.28. The summed E-state index contributed by atoms with van der Waals surface area (Å²) in [5, 5.41) is 10.9. The molecule has 0 spiro atoms. The molecule has 2 heterocycles. The molecule has 4 heteroatoms. The lowest BCUT2D eigenvalue weighted by molar-refractivity contribution is 0.570. The molecule has 4 aromatic carbocycles. The van der Waals surface area contributed by atoms with Crippen molar-refractivity contribution < 1.29 is 0 Å². The Labute approximate surface area is 366 Å². The van der Waals surface area contributed by atoms with Gasteiger partial charge < -0.3 is 18.9 Å². The maximum atomic E-state index is 2.72. The van der Waals surface area contributed by atoms with Crippen molar-refractivity contribution in [1.29, 1.82) is 0 Å². The van der Waals surface area contributed by atoms with Crippen LogP contribution in [0, 0.1) is 0 Å². The molecule has 6 rings (SSSR count). The van der Waals surface area contributed by atoms with Crippen molar-refractivity contribution in [3.63, 3.8) is 0 Å². The number of rotatable bonds is 30. The molecule has 328 valence electrons. The Morgan fingerprint density at radius 2 is 0.617 bits per heavy atom. The van der Waals surface area contributed by atoms with Crippen molar-refractivity contribution in [2.24, 2.45) is 14.1 Å². The number of anilines is 2. The van der Waals surface area contributed by atoms with Gasteiger partial charge in [-0.2, -0.15) is 0 Å². The van der Waals surface area contributed by atoms with E-state index >= 15 is 0 Å². The van der Waals surface area contributed by atoms with Crippen molar-refractivity contribution in [2.75, 3.05) is 36.0 Å². The number of fused-ring (bicyclic) bond motifs is 7. The van der Waals surface area contributed by atoms with E-state index in [-0.39, 0.29) is 0 Å². The van der Waals surface area contributed by atoms with Gasteiger partial charge >= 0.3 is 0 Å². The third-order valence-electron chi connectivity index (χ3n) is 13.9. The Morgan fingerprint density at radius 3 is 0.933 bits per heavy atom. The molecule has 0 aliphatic carbocycles. The molecule has 4 nitrogen and oxygen atoms in total. The maximum absolute atomic E-state index is 2.72. The van der Waals surface area contributed by atoms with Crippen molar-refractivity contribution >= 4 is 65.8 Å². The van der Waals surface area contributed by atoms with Gasteiger partial charge in [0, 0.05) is 51.0 Å². The van der Waals surface area contributed by atoms with Crippen molar-refractivity contribution in [3.8, 4) is 0 Å². The molecule has 6 aromatic rings. The molecule has 0 N–H and O–H groups in total. The third-order valence-corrected chi connectivity index (χ3v) is 13.9. The summed E-state index contributed by atoms with van der Waals surface area (Å²) >= 11 is 0. The van der Waals surface area contributed by atoms with Crippen LogP contribution in [0.15, 0.2) is 60.7 Å². The summed E-state index contributed by atoms with van der Waals surface area (Å²) in [6.07, 6.45) is 32.3. The fourth-order valence-corrected chi connectivity index (χ4v) is 10.1. The summed E-state index contributed by atoms with van der Waals surface area (Å²) in [6.45, 7) is 13.9. The predicted octanol–water partition coefficient (Wildman–Crippen LogP) is 17.2. The first-order valence-corrected chi connectivity index (χ1v) is 25.4. The van der Waals surface area contributed by atoms with Gasteiger partial charge in [0.15, 0.2) is 0 Å². The standard InChI is InChI=1S/C56H84N4/c1-7-11-15-19-23-27-35-59(36-28-24-20-16-12-8-2)55-41-47-39-45-31-33-50-49(51(45)43-53(47)57(55)5)34-32-46-40-48-42-56(58(6)54(48)44-52(46)50)60(37-29-25-21-17-13-9-3)38-30-26-22-18-14-10-4/h31-34,39-44H,7-30,35-38H2,1-6H3. The topological polar surface area (TPSA) is 16.3 Å². The first kappa shape index (κ1) is 45.9. The number of aryl methyl sites for hydroxylation is 2. The van der Waals surface area contributed by atoms with Gasteiger partial charge in [0.1, 0.15) is 11.6 Å². The van der Waals surface area contributed by atoms with Crippen LogP contribution in [-0.2, 0) is 14.1 Å². The molecule has 0 unspecified atom stereocenters. The Morgan fingerprint density at radius 1 is 0.317 bits per heavy atom. The zero-order valence-electron chi connectivity index (χ0n) is 39.4. The molecule has 0 saturated heterocycles. The highest BCUT2D eigenvalue weighted by Gasteiger charge is 2.18. The predicted molar refractivity (Wildman–Crippen MR) is 270 cm³/mol. The minimum Gasteiger partial charge on any atom is -0.358 e. The number of unbranched alkanes of at least 4 members (excludes halogenated alkanes) is 20. The van der Waals surface area contributed by atoms with Crippen LogP contribution in [0.25, 0.3) is 54.1 Å². The summed E-state index contributed by atoms with van der Waals surface area (Å²) in [4.78, 5) is 5.44. The van der Waals surface area contributed by atoms with E-state index in [0.29, 0.717) is 0 Å². The molecule has 0 radical (unpaired) electrons. The van der Waals surface area contributed by atoms with Crippen LogP contribution >= 0.6 is 0 Å². The van der Waals surface area contributed by atoms with Gasteiger partial charge in [-0.15, -0.1) is 0 Å². The average molecular weight is 813 g/mol. The molecular formula is C56H84N4. The normalized spacial score (nSPS) is 12.0. The van der Waals surface area contributed by atoms with Gasteiger partial charge in [-0.3, -0.25) is 0 Å². The van der Waals surface area contributed by atoms with Crippen LogP contribution in [0.3, 0.4) is 0 Å². The molecule has 0 aliphatic heterocycles. The van der Waals surface area contributed by atoms with Gasteiger partial charge in [-0.25, -0.2) is 0 Å². The Hall–Kier alpha value is -3.66. The molecule has 0 saturated carbocycles. The first-order valence-electron chi connectivity index (χ1n) is 25.4. The number of hydrogen-bond acceptors (Lipinski definition) is 2. The van der Waals surface area contributed by atoms with E-state index in [9.17, 15) is 0 Å². The quantitative estimate of drug-likeness (QED) is 0.0333. The third kappa shape index (κ3) is 11.8. The highest BCUT2D eigenvalue weighted by atomic mass is 15.2. The fourth-order valence-electron chi connectivity index (χ4n) is 10.1. The maximum Gasteiger partial charge on any atom is 0.109 e. The van der Waals surface area contributed by atoms with Crippen molar-refractivity contribution in [2.45, 2.75) is 182 Å². The van der Waals surface area contributed by atoms with E-state index in [2.05, 4.69) is 121 Å². The second kappa shape index (κ2) is 24.1. The smallest absolute Gasteiger partial charge is 0.109 e. The molecular weight excluding hydrogens is 729 g/mol. The minimum atomic E-state index is 1.16. The van der Waals surface area contributed by atoms with E-state index in [1.165, 1.54) is 220 Å². The highest BCUT2D eigenvalue weighted by molar-refractivity contribution is 6.20. The first-order chi connectivity index (χ1) is 29.5. The van der Waals surface area contributed by atoms with Crippen molar-refractivity contribution in [1.82, 2.24) is 9.13 Å². The summed E-state index contributed by atoms with van der Waals surface area (Å²) in [7, 11) is 4.62. The average Bonchev–Trinajstić information content (AvgIpc) is 3.76. The molecule has 0 bridgehead atoms. The monoisotopic (exact) mass is 813 g/mol. The van der Waals surface area contributed by atoms with Crippen molar-refractivity contribution in [3.05, 3.63) is 60.7 Å². The van der Waals surface area contributed by atoms with E-state index in [1.807, 2.05) is 0 Å². The van der Waals surface area contributed by atoms with Crippen LogP contribution in [-0.4, -0.2) is 35.3 Å². The van der Waals surface area contributed by atoms with Crippen LogP contribution in [0.1, 0.15) is 182 Å². The Kier molecular flexibility index (Phi) is 18.4. The lowest BCUT2D eigenvalue weighted by atomic mass is 9.95. The van der Waals surface area contributed by atoms with E-state index in [0.717, 1.165) is 26.2 Å². The molecule has 2 aromatic heterocycles. The lowest BCUT2D eigenvalue weighted by Crippen LogP contribution is -2.27. The van der Waals surface area contributed by atoms with Gasteiger partial charge in [-0.1, -0.05) is 180 Å². The van der Waals surface area contributed by atoms with Gasteiger partial charge in [0.2, 0.25) is 0 Å². The van der Waals surface area contributed by atoms with Crippen LogP contribution < -0.4 is 9.80 Å². The highest BCUT2D eigenvalue weighted by Crippen LogP contribution is 2.38. The van der Waals surface area contributed by atoms with Gasteiger partial charge in [0.25, 0.3) is 0 Å². The largest absolute Gasteiger partial charge is 0.358 e. The number of nitrogens with zero attached hydrogens (tertiary/aromatic N) is 4. The summed E-state index contributed by atoms with van der Waals surface area (Å²) in [5.41, 5.74) is 2.69. The molecule has 0 aliphatic rings. The second-order valence-corrected chi connectivity index (χ2v) is 18.7. The fraction of sp³-hybridized carbons (Fsp3) is 0.607. The van der Waals surface area contributed by atoms with E-state index < -0.39 is 0 Å². The SMILES string of the molecule is CCCCCCCCN(CCCCCCCC)c1cc2cc3ccc4c5cc6c(cc(N(CCCCCCCC)CCCCCCCC)n6C)cc5ccc4c3cc2n1C. The van der Waals surface area contributed by atoms with Crippen LogP contribution in [0.2, 0.25) is 0 Å². The zero-order chi connectivity index (χ0) is 42.1. The number of hydrogen-bond donors (Lipinski definition) is 0.